The van der Waals surface area contributed by atoms with Gasteiger partial charge in [-0.25, -0.2) is 0 Å². The molecular formula is C15H30N2O3. The first-order valence-electron chi connectivity index (χ1n) is 7.99. The Bertz CT molecular complexity index is 262. The monoisotopic (exact) mass is 286 g/mol. The summed E-state index contributed by atoms with van der Waals surface area (Å²) in [5.41, 5.74) is 0. The molecule has 0 aliphatic carbocycles. The summed E-state index contributed by atoms with van der Waals surface area (Å²) in [7, 11) is 0. The maximum absolute atomic E-state index is 10.0. The highest BCUT2D eigenvalue weighted by molar-refractivity contribution is 4.76. The minimum atomic E-state index is -0.387. The molecule has 0 saturated carbocycles. The second-order valence-corrected chi connectivity index (χ2v) is 6.26. The zero-order valence-electron chi connectivity index (χ0n) is 13.0. The number of hydrogen-bond donors (Lipinski definition) is 1. The van der Waals surface area contributed by atoms with E-state index in [1.54, 1.807) is 0 Å². The highest BCUT2D eigenvalue weighted by atomic mass is 16.5. The molecule has 2 aliphatic rings. The van der Waals surface area contributed by atoms with Crippen LogP contribution in [0.15, 0.2) is 0 Å². The van der Waals surface area contributed by atoms with Crippen LogP contribution in [0.25, 0.3) is 0 Å². The maximum atomic E-state index is 10.0. The van der Waals surface area contributed by atoms with E-state index in [-0.39, 0.29) is 12.2 Å². The summed E-state index contributed by atoms with van der Waals surface area (Å²) in [6, 6.07) is 0.622. The standard InChI is InChI=1S/C15H30N2O3/c1-13(2)17-7-5-16(6-8-17)10-14(18)11-19-12-15-4-3-9-20-15/h13-15,18H,3-12H2,1-2H3. The number of nitrogens with zero attached hydrogens (tertiary/aromatic N) is 2. The number of β-amino-alcohol motifs (C(OH)–C–C–N with tert-alkyl or cyclic N) is 1. The van der Waals surface area contributed by atoms with Gasteiger partial charge >= 0.3 is 0 Å². The first-order chi connectivity index (χ1) is 9.65. The van der Waals surface area contributed by atoms with Gasteiger partial charge in [0.1, 0.15) is 0 Å². The third-order valence-electron chi connectivity index (χ3n) is 4.24. The van der Waals surface area contributed by atoms with Gasteiger partial charge in [-0.05, 0) is 26.7 Å². The molecular weight excluding hydrogens is 256 g/mol. The molecule has 1 N–H and O–H groups in total. The minimum absolute atomic E-state index is 0.247. The Labute approximate surface area is 122 Å². The fourth-order valence-electron chi connectivity index (χ4n) is 2.92. The van der Waals surface area contributed by atoms with Crippen LogP contribution in [0.4, 0.5) is 0 Å². The molecule has 2 saturated heterocycles. The van der Waals surface area contributed by atoms with E-state index in [4.69, 9.17) is 9.47 Å². The van der Waals surface area contributed by atoms with Gasteiger partial charge in [-0.3, -0.25) is 9.80 Å². The first kappa shape index (κ1) is 16.2. The van der Waals surface area contributed by atoms with E-state index in [1.807, 2.05) is 0 Å². The van der Waals surface area contributed by atoms with Crippen LogP contribution in [0.5, 0.6) is 0 Å². The van der Waals surface area contributed by atoms with Crippen molar-refractivity contribution in [1.29, 1.82) is 0 Å². The summed E-state index contributed by atoms with van der Waals surface area (Å²) in [5, 5.41) is 10.0. The predicted molar refractivity (Wildman–Crippen MR) is 78.9 cm³/mol. The lowest BCUT2D eigenvalue weighted by Gasteiger charge is -2.37. The molecule has 0 aromatic heterocycles. The molecule has 2 unspecified atom stereocenters. The van der Waals surface area contributed by atoms with Crippen molar-refractivity contribution in [2.45, 2.75) is 44.9 Å². The zero-order valence-corrected chi connectivity index (χ0v) is 13.0. The van der Waals surface area contributed by atoms with Crippen LogP contribution in [0.3, 0.4) is 0 Å². The van der Waals surface area contributed by atoms with Crippen LogP contribution in [-0.2, 0) is 9.47 Å². The van der Waals surface area contributed by atoms with Gasteiger partial charge < -0.3 is 14.6 Å². The van der Waals surface area contributed by atoms with Crippen molar-refractivity contribution < 1.29 is 14.6 Å². The van der Waals surface area contributed by atoms with Gasteiger partial charge in [0.05, 0.1) is 25.4 Å². The largest absolute Gasteiger partial charge is 0.389 e. The maximum Gasteiger partial charge on any atom is 0.0900 e. The topological polar surface area (TPSA) is 45.2 Å². The smallest absolute Gasteiger partial charge is 0.0900 e. The van der Waals surface area contributed by atoms with E-state index in [2.05, 4.69) is 23.6 Å². The third-order valence-corrected chi connectivity index (χ3v) is 4.24. The minimum Gasteiger partial charge on any atom is -0.389 e. The summed E-state index contributed by atoms with van der Waals surface area (Å²) >= 11 is 0. The Hall–Kier alpha value is -0.200. The van der Waals surface area contributed by atoms with Gasteiger partial charge in [0.2, 0.25) is 0 Å². The fraction of sp³-hybridized carbons (Fsp3) is 1.00. The second-order valence-electron chi connectivity index (χ2n) is 6.26. The van der Waals surface area contributed by atoms with Crippen LogP contribution in [0.1, 0.15) is 26.7 Å². The summed E-state index contributed by atoms with van der Waals surface area (Å²) in [6.45, 7) is 11.4. The summed E-state index contributed by atoms with van der Waals surface area (Å²) < 4.78 is 11.1. The Morgan fingerprint density at radius 1 is 1.25 bits per heavy atom. The van der Waals surface area contributed by atoms with Crippen LogP contribution in [0, 0.1) is 0 Å². The van der Waals surface area contributed by atoms with Gasteiger partial charge in [-0.15, -0.1) is 0 Å². The Kier molecular flexibility index (Phi) is 6.71. The van der Waals surface area contributed by atoms with Crippen molar-refractivity contribution in [3.05, 3.63) is 0 Å². The SMILES string of the molecule is CC(C)N1CCN(CC(O)COCC2CCCO2)CC1. The van der Waals surface area contributed by atoms with Crippen molar-refractivity contribution in [3.8, 4) is 0 Å². The molecule has 0 bridgehead atoms. The first-order valence-corrected chi connectivity index (χ1v) is 7.99. The number of aliphatic hydroxyl groups excluding tert-OH is 1. The van der Waals surface area contributed by atoms with E-state index >= 15 is 0 Å². The van der Waals surface area contributed by atoms with E-state index in [1.165, 1.54) is 0 Å². The molecule has 0 aromatic carbocycles. The van der Waals surface area contributed by atoms with Gasteiger partial charge in [-0.2, -0.15) is 0 Å². The van der Waals surface area contributed by atoms with Crippen molar-refractivity contribution in [2.24, 2.45) is 0 Å². The fourth-order valence-corrected chi connectivity index (χ4v) is 2.92. The average molecular weight is 286 g/mol. The Morgan fingerprint density at radius 2 is 2.00 bits per heavy atom. The molecule has 5 heteroatoms. The van der Waals surface area contributed by atoms with Gasteiger partial charge in [0.15, 0.2) is 0 Å². The van der Waals surface area contributed by atoms with Gasteiger partial charge in [-0.1, -0.05) is 0 Å². The molecule has 2 atom stereocenters. The number of aliphatic hydroxyl groups is 1. The quantitative estimate of drug-likeness (QED) is 0.741. The molecule has 0 spiro atoms. The molecule has 2 aliphatic heterocycles. The Morgan fingerprint density at radius 3 is 2.60 bits per heavy atom. The molecule has 0 amide bonds. The van der Waals surface area contributed by atoms with Crippen molar-refractivity contribution in [1.82, 2.24) is 9.80 Å². The number of piperazine rings is 1. The van der Waals surface area contributed by atoms with Crippen molar-refractivity contribution in [3.63, 3.8) is 0 Å². The molecule has 2 rings (SSSR count). The zero-order chi connectivity index (χ0) is 14.4. The third kappa shape index (κ3) is 5.30. The van der Waals surface area contributed by atoms with Crippen molar-refractivity contribution in [2.75, 3.05) is 52.5 Å². The van der Waals surface area contributed by atoms with E-state index < -0.39 is 0 Å². The molecule has 20 heavy (non-hydrogen) atoms. The summed E-state index contributed by atoms with van der Waals surface area (Å²) in [4.78, 5) is 4.82. The molecule has 0 aromatic rings. The molecule has 118 valence electrons. The normalized spacial score (nSPS) is 27.3. The lowest BCUT2D eigenvalue weighted by Crippen LogP contribution is -2.50. The second kappa shape index (κ2) is 8.29. The highest BCUT2D eigenvalue weighted by Gasteiger charge is 2.21. The average Bonchev–Trinajstić information content (AvgIpc) is 2.92. The van der Waals surface area contributed by atoms with Gasteiger partial charge in [0.25, 0.3) is 0 Å². The molecule has 0 radical (unpaired) electrons. The molecule has 5 nitrogen and oxygen atoms in total. The molecule has 2 heterocycles. The molecule has 2 fully saturated rings. The lowest BCUT2D eigenvalue weighted by molar-refractivity contribution is -0.0293. The number of ether oxygens (including phenoxy) is 2. The van der Waals surface area contributed by atoms with E-state index in [0.717, 1.165) is 52.2 Å². The summed E-state index contributed by atoms with van der Waals surface area (Å²) in [5.74, 6) is 0. The van der Waals surface area contributed by atoms with Crippen LogP contribution < -0.4 is 0 Å². The van der Waals surface area contributed by atoms with Gasteiger partial charge in [0, 0.05) is 45.4 Å². The van der Waals surface area contributed by atoms with E-state index in [9.17, 15) is 5.11 Å². The number of hydrogen-bond acceptors (Lipinski definition) is 5. The summed E-state index contributed by atoms with van der Waals surface area (Å²) in [6.07, 6.45) is 2.09. The van der Waals surface area contributed by atoms with Crippen LogP contribution in [-0.4, -0.2) is 85.7 Å². The predicted octanol–water partition coefficient (Wildman–Crippen LogP) is 0.569. The highest BCUT2D eigenvalue weighted by Crippen LogP contribution is 2.12. The Balaban J connectivity index is 1.54. The van der Waals surface area contributed by atoms with E-state index in [0.29, 0.717) is 19.3 Å². The van der Waals surface area contributed by atoms with Crippen LogP contribution >= 0.6 is 0 Å². The lowest BCUT2D eigenvalue weighted by atomic mass is 10.2. The van der Waals surface area contributed by atoms with Crippen LogP contribution in [0.2, 0.25) is 0 Å². The number of rotatable bonds is 7. The van der Waals surface area contributed by atoms with Crippen molar-refractivity contribution >= 4 is 0 Å².